The minimum absolute atomic E-state index is 0.355. The smallest absolute Gasteiger partial charge is 0.261 e. The number of rotatable bonds is 4. The van der Waals surface area contributed by atoms with Crippen molar-refractivity contribution in [3.63, 3.8) is 0 Å². The first-order valence-electron chi connectivity index (χ1n) is 11.9. The SMILES string of the molecule is CC(C)N1CCC(n2cc(C3=C(c4cnc5ccccn45)C(=O)NC3=O)c3ccccc32)CC1. The predicted molar refractivity (Wildman–Crippen MR) is 132 cm³/mol. The molecule has 5 heterocycles. The third-order valence-corrected chi connectivity index (χ3v) is 7.24. The van der Waals surface area contributed by atoms with E-state index in [0.717, 1.165) is 48.0 Å². The van der Waals surface area contributed by atoms with Gasteiger partial charge in [0, 0.05) is 54.0 Å². The number of pyridine rings is 1. The van der Waals surface area contributed by atoms with Gasteiger partial charge in [-0.15, -0.1) is 0 Å². The van der Waals surface area contributed by atoms with Crippen molar-refractivity contribution < 1.29 is 9.59 Å². The molecule has 6 rings (SSSR count). The zero-order valence-electron chi connectivity index (χ0n) is 19.4. The molecule has 2 aliphatic heterocycles. The van der Waals surface area contributed by atoms with Crippen LogP contribution in [0, 0.1) is 0 Å². The van der Waals surface area contributed by atoms with E-state index in [9.17, 15) is 9.59 Å². The summed E-state index contributed by atoms with van der Waals surface area (Å²) < 4.78 is 4.17. The van der Waals surface area contributed by atoms with Gasteiger partial charge < -0.3 is 9.47 Å². The molecule has 2 aliphatic rings. The highest BCUT2D eigenvalue weighted by Crippen LogP contribution is 2.38. The monoisotopic (exact) mass is 453 g/mol. The van der Waals surface area contributed by atoms with Gasteiger partial charge in [-0.2, -0.15) is 0 Å². The fourth-order valence-electron chi connectivity index (χ4n) is 5.46. The fourth-order valence-corrected chi connectivity index (χ4v) is 5.46. The first kappa shape index (κ1) is 20.9. The number of aromatic nitrogens is 3. The number of piperidine rings is 1. The van der Waals surface area contributed by atoms with Gasteiger partial charge in [-0.25, -0.2) is 4.98 Å². The van der Waals surface area contributed by atoms with Crippen molar-refractivity contribution in [3.05, 3.63) is 72.3 Å². The van der Waals surface area contributed by atoms with Gasteiger partial charge in [0.1, 0.15) is 5.65 Å². The van der Waals surface area contributed by atoms with Gasteiger partial charge in [-0.1, -0.05) is 24.3 Å². The summed E-state index contributed by atoms with van der Waals surface area (Å²) in [5.41, 5.74) is 4.04. The molecule has 0 unspecified atom stereocenters. The maximum Gasteiger partial charge on any atom is 0.261 e. The van der Waals surface area contributed by atoms with E-state index in [1.54, 1.807) is 6.20 Å². The second-order valence-corrected chi connectivity index (χ2v) is 9.43. The number of likely N-dealkylation sites (tertiary alicyclic amines) is 1. The van der Waals surface area contributed by atoms with Crippen LogP contribution < -0.4 is 5.32 Å². The number of imide groups is 1. The summed E-state index contributed by atoms with van der Waals surface area (Å²) in [7, 11) is 0. The van der Waals surface area contributed by atoms with Crippen molar-refractivity contribution in [2.45, 2.75) is 38.8 Å². The molecule has 1 aromatic carbocycles. The summed E-state index contributed by atoms with van der Waals surface area (Å²) in [5, 5.41) is 3.52. The Hall–Kier alpha value is -3.71. The summed E-state index contributed by atoms with van der Waals surface area (Å²) in [6.45, 7) is 6.60. The largest absolute Gasteiger partial charge is 0.344 e. The minimum atomic E-state index is -0.382. The quantitative estimate of drug-likeness (QED) is 0.476. The molecule has 7 nitrogen and oxygen atoms in total. The molecule has 1 saturated heterocycles. The number of fused-ring (bicyclic) bond motifs is 2. The highest BCUT2D eigenvalue weighted by molar-refractivity contribution is 6.49. The minimum Gasteiger partial charge on any atom is -0.344 e. The molecule has 0 spiro atoms. The summed E-state index contributed by atoms with van der Waals surface area (Å²) in [4.78, 5) is 33.1. The molecule has 0 atom stereocenters. The van der Waals surface area contributed by atoms with E-state index < -0.39 is 0 Å². The van der Waals surface area contributed by atoms with E-state index in [1.807, 2.05) is 47.0 Å². The van der Waals surface area contributed by atoms with Crippen LogP contribution in [0.3, 0.4) is 0 Å². The number of nitrogens with zero attached hydrogens (tertiary/aromatic N) is 4. The van der Waals surface area contributed by atoms with Crippen molar-refractivity contribution in [2.75, 3.05) is 13.1 Å². The molecule has 34 heavy (non-hydrogen) atoms. The normalized spacial score (nSPS) is 18.1. The molecule has 4 aromatic rings. The number of carbonyl (C=O) groups excluding carboxylic acids is 2. The zero-order valence-corrected chi connectivity index (χ0v) is 19.4. The molecule has 172 valence electrons. The standard InChI is InChI=1S/C27H27N5O2/c1-17(2)30-13-10-18(11-14-30)32-16-20(19-7-3-4-8-21(19)32)24-25(27(34)29-26(24)33)22-15-28-23-9-5-6-12-31(22)23/h3-9,12,15-18H,10-11,13-14H2,1-2H3,(H,29,33,34). The molecular formula is C27H27N5O2. The van der Waals surface area contributed by atoms with Crippen LogP contribution >= 0.6 is 0 Å². The molecule has 0 radical (unpaired) electrons. The highest BCUT2D eigenvalue weighted by Gasteiger charge is 2.36. The Morgan fingerprint density at radius 2 is 1.71 bits per heavy atom. The molecule has 1 N–H and O–H groups in total. The third kappa shape index (κ3) is 3.19. The van der Waals surface area contributed by atoms with E-state index in [1.165, 1.54) is 0 Å². The summed E-state index contributed by atoms with van der Waals surface area (Å²) in [6, 6.07) is 14.7. The Balaban J connectivity index is 1.52. The Kier molecular flexibility index (Phi) is 4.88. The van der Waals surface area contributed by atoms with Crippen LogP contribution in [-0.2, 0) is 9.59 Å². The second kappa shape index (κ2) is 7.95. The number of carbonyl (C=O) groups is 2. The van der Waals surface area contributed by atoms with Gasteiger partial charge >= 0.3 is 0 Å². The van der Waals surface area contributed by atoms with Crippen LogP contribution in [0.1, 0.15) is 44.0 Å². The van der Waals surface area contributed by atoms with E-state index in [4.69, 9.17) is 0 Å². The van der Waals surface area contributed by atoms with E-state index >= 15 is 0 Å². The molecule has 0 bridgehead atoms. The third-order valence-electron chi connectivity index (χ3n) is 7.24. The number of amides is 2. The Morgan fingerprint density at radius 1 is 0.971 bits per heavy atom. The lowest BCUT2D eigenvalue weighted by molar-refractivity contribution is -0.122. The van der Waals surface area contributed by atoms with E-state index in [-0.39, 0.29) is 11.8 Å². The van der Waals surface area contributed by atoms with Gasteiger partial charge in [0.2, 0.25) is 0 Å². The second-order valence-electron chi connectivity index (χ2n) is 9.43. The van der Waals surface area contributed by atoms with Crippen LogP contribution in [-0.4, -0.2) is 49.8 Å². The maximum absolute atomic E-state index is 13.1. The van der Waals surface area contributed by atoms with Gasteiger partial charge in [0.15, 0.2) is 0 Å². The molecule has 7 heteroatoms. The van der Waals surface area contributed by atoms with Crippen molar-refractivity contribution in [3.8, 4) is 0 Å². The van der Waals surface area contributed by atoms with Crippen LogP contribution in [0.5, 0.6) is 0 Å². The number of hydrogen-bond donors (Lipinski definition) is 1. The number of benzene rings is 1. The van der Waals surface area contributed by atoms with Crippen molar-refractivity contribution >= 4 is 39.5 Å². The van der Waals surface area contributed by atoms with Crippen LogP contribution in [0.15, 0.2) is 61.1 Å². The topological polar surface area (TPSA) is 71.6 Å². The number of hydrogen-bond acceptors (Lipinski definition) is 4. The van der Waals surface area contributed by atoms with Crippen molar-refractivity contribution in [1.29, 1.82) is 0 Å². The lowest BCUT2D eigenvalue weighted by Gasteiger charge is -2.35. The number of para-hydroxylation sites is 1. The van der Waals surface area contributed by atoms with Crippen LogP contribution in [0.2, 0.25) is 0 Å². The Bertz CT molecular complexity index is 1470. The molecule has 1 fully saturated rings. The summed E-state index contributed by atoms with van der Waals surface area (Å²) >= 11 is 0. The van der Waals surface area contributed by atoms with Crippen LogP contribution in [0.25, 0.3) is 27.7 Å². The summed E-state index contributed by atoms with van der Waals surface area (Å²) in [6.07, 6.45) is 7.73. The molecule has 2 amide bonds. The Morgan fingerprint density at radius 3 is 2.50 bits per heavy atom. The zero-order chi connectivity index (χ0) is 23.4. The lowest BCUT2D eigenvalue weighted by atomic mass is 9.99. The lowest BCUT2D eigenvalue weighted by Crippen LogP contribution is -2.38. The van der Waals surface area contributed by atoms with Crippen LogP contribution in [0.4, 0.5) is 0 Å². The highest BCUT2D eigenvalue weighted by atomic mass is 16.2. The predicted octanol–water partition coefficient (Wildman–Crippen LogP) is 3.90. The van der Waals surface area contributed by atoms with Crippen molar-refractivity contribution in [2.24, 2.45) is 0 Å². The molecular weight excluding hydrogens is 426 g/mol. The first-order valence-corrected chi connectivity index (χ1v) is 11.9. The van der Waals surface area contributed by atoms with Gasteiger partial charge in [-0.05, 0) is 44.9 Å². The number of imidazole rings is 1. The molecule has 0 saturated carbocycles. The molecule has 3 aromatic heterocycles. The van der Waals surface area contributed by atoms with E-state index in [2.05, 4.69) is 45.9 Å². The van der Waals surface area contributed by atoms with Gasteiger partial charge in [-0.3, -0.25) is 19.3 Å². The fraction of sp³-hybridized carbons (Fsp3) is 0.296. The maximum atomic E-state index is 13.1. The van der Waals surface area contributed by atoms with Crippen molar-refractivity contribution in [1.82, 2.24) is 24.2 Å². The Labute approximate surface area is 197 Å². The van der Waals surface area contributed by atoms with Gasteiger partial charge in [0.05, 0.1) is 23.0 Å². The summed E-state index contributed by atoms with van der Waals surface area (Å²) in [5.74, 6) is -0.740. The molecule has 0 aliphatic carbocycles. The average molecular weight is 454 g/mol. The average Bonchev–Trinajstić information content (AvgIpc) is 3.52. The first-order chi connectivity index (χ1) is 16.5. The van der Waals surface area contributed by atoms with E-state index in [0.29, 0.717) is 28.9 Å². The van der Waals surface area contributed by atoms with Gasteiger partial charge in [0.25, 0.3) is 11.8 Å². The number of nitrogens with one attached hydrogen (secondary N) is 1.